The maximum Gasteiger partial charge on any atom is 0.170 e. The monoisotopic (exact) mass is 415 g/mol. The number of thiocarbonyl (C=S) groups is 1. The van der Waals surface area contributed by atoms with E-state index in [0.717, 1.165) is 36.9 Å². The van der Waals surface area contributed by atoms with E-state index in [4.69, 9.17) is 17.0 Å². The van der Waals surface area contributed by atoms with E-state index in [0.29, 0.717) is 6.61 Å². The molecule has 3 rings (SSSR count). The molecule has 0 saturated carbocycles. The maximum atomic E-state index is 5.77. The van der Waals surface area contributed by atoms with Gasteiger partial charge in [-0.15, -0.1) is 0 Å². The van der Waals surface area contributed by atoms with Crippen LogP contribution in [0.5, 0.6) is 0 Å². The number of nitrogens with one attached hydrogen (secondary N) is 1. The van der Waals surface area contributed by atoms with Crippen LogP contribution in [0.2, 0.25) is 0 Å². The summed E-state index contributed by atoms with van der Waals surface area (Å²) in [5.41, 5.74) is 4.86. The van der Waals surface area contributed by atoms with Crippen molar-refractivity contribution in [2.75, 3.05) is 40.9 Å². The first-order valence-electron chi connectivity index (χ1n) is 10.2. The lowest BCUT2D eigenvalue weighted by atomic mass is 9.96. The average Bonchev–Trinajstić information content (AvgIpc) is 3.16. The van der Waals surface area contributed by atoms with Gasteiger partial charge in [-0.05, 0) is 76.9 Å². The van der Waals surface area contributed by atoms with Crippen molar-refractivity contribution in [3.05, 3.63) is 53.1 Å². The van der Waals surface area contributed by atoms with Gasteiger partial charge >= 0.3 is 0 Å². The maximum absolute atomic E-state index is 5.77. The summed E-state index contributed by atoms with van der Waals surface area (Å²) in [4.78, 5) is 9.20. The minimum Gasteiger partial charge on any atom is -0.383 e. The summed E-state index contributed by atoms with van der Waals surface area (Å²) in [7, 11) is 5.97. The van der Waals surface area contributed by atoms with E-state index < -0.39 is 0 Å². The van der Waals surface area contributed by atoms with Gasteiger partial charge in [-0.3, -0.25) is 4.98 Å². The van der Waals surface area contributed by atoms with Gasteiger partial charge in [-0.2, -0.15) is 0 Å². The van der Waals surface area contributed by atoms with E-state index in [-0.39, 0.29) is 12.1 Å². The van der Waals surface area contributed by atoms with Crippen LogP contribution in [-0.2, 0) is 11.3 Å². The smallest absolute Gasteiger partial charge is 0.170 e. The summed E-state index contributed by atoms with van der Waals surface area (Å²) >= 11 is 5.77. The van der Waals surface area contributed by atoms with Crippen molar-refractivity contribution < 1.29 is 4.74 Å². The molecule has 2 aromatic heterocycles. The predicted octanol–water partition coefficient (Wildman–Crippen LogP) is 3.07. The molecule has 1 N–H and O–H groups in total. The van der Waals surface area contributed by atoms with Gasteiger partial charge in [-0.1, -0.05) is 6.07 Å². The zero-order valence-electron chi connectivity index (χ0n) is 18.2. The van der Waals surface area contributed by atoms with E-state index in [2.05, 4.69) is 64.7 Å². The molecule has 0 amide bonds. The normalized spacial score (nSPS) is 19.2. The molecule has 0 aromatic carbocycles. The minimum absolute atomic E-state index is 0.0411. The Bertz CT molecular complexity index is 820. The van der Waals surface area contributed by atoms with Crippen LogP contribution in [0, 0.1) is 13.8 Å². The summed E-state index contributed by atoms with van der Waals surface area (Å²) in [5.74, 6) is 0. The Morgan fingerprint density at radius 2 is 2.03 bits per heavy atom. The quantitative estimate of drug-likeness (QED) is 0.635. The third kappa shape index (κ3) is 4.79. The topological polar surface area (TPSA) is 45.6 Å². The average molecular weight is 416 g/mol. The van der Waals surface area contributed by atoms with Crippen molar-refractivity contribution in [1.29, 1.82) is 0 Å². The van der Waals surface area contributed by atoms with Gasteiger partial charge in [0.25, 0.3) is 0 Å². The number of rotatable bonds is 9. The number of aryl methyl sites for hydroxylation is 1. The zero-order chi connectivity index (χ0) is 21.0. The summed E-state index contributed by atoms with van der Waals surface area (Å²) in [6.07, 6.45) is 2.91. The Kier molecular flexibility index (Phi) is 7.27. The van der Waals surface area contributed by atoms with Crippen LogP contribution in [0.4, 0.5) is 0 Å². The summed E-state index contributed by atoms with van der Waals surface area (Å²) in [6.45, 7) is 7.87. The zero-order valence-corrected chi connectivity index (χ0v) is 19.0. The third-order valence-electron chi connectivity index (χ3n) is 5.65. The Labute approximate surface area is 179 Å². The molecule has 1 saturated heterocycles. The lowest BCUT2D eigenvalue weighted by molar-refractivity contribution is 0.186. The minimum atomic E-state index is 0.0411. The van der Waals surface area contributed by atoms with Crippen LogP contribution in [0.1, 0.15) is 41.1 Å². The molecule has 29 heavy (non-hydrogen) atoms. The number of hydrogen-bond acceptors (Lipinski definition) is 4. The second kappa shape index (κ2) is 9.69. The summed E-state index contributed by atoms with van der Waals surface area (Å²) < 4.78 is 7.66. The molecule has 1 fully saturated rings. The molecule has 1 aliphatic rings. The van der Waals surface area contributed by atoms with Crippen molar-refractivity contribution >= 4 is 17.3 Å². The first-order valence-corrected chi connectivity index (χ1v) is 10.6. The van der Waals surface area contributed by atoms with Gasteiger partial charge in [0, 0.05) is 37.8 Å². The fourth-order valence-corrected chi connectivity index (χ4v) is 4.53. The molecular weight excluding hydrogens is 382 g/mol. The predicted molar refractivity (Wildman–Crippen MR) is 121 cm³/mol. The van der Waals surface area contributed by atoms with Gasteiger partial charge < -0.3 is 24.4 Å². The number of ether oxygens (including phenoxy) is 1. The lowest BCUT2D eigenvalue weighted by Gasteiger charge is -2.28. The van der Waals surface area contributed by atoms with Crippen molar-refractivity contribution in [2.24, 2.45) is 0 Å². The number of nitrogens with zero attached hydrogens (tertiary/aromatic N) is 4. The van der Waals surface area contributed by atoms with E-state index >= 15 is 0 Å². The standard InChI is InChI=1S/C22H33N5OS/c1-16-15-18(17(2)26(16)13-14-28-5)21-20(19-9-6-7-10-23-19)24-22(29)27(21)12-8-11-25(3)4/h6-7,9-10,15,20-21H,8,11-14H2,1-5H3,(H,24,29)/t20-,21+/m1/s1. The first-order chi connectivity index (χ1) is 13.9. The van der Waals surface area contributed by atoms with E-state index in [1.807, 2.05) is 18.3 Å². The summed E-state index contributed by atoms with van der Waals surface area (Å²) in [6, 6.07) is 8.56. The highest BCUT2D eigenvalue weighted by Gasteiger charge is 2.40. The highest BCUT2D eigenvalue weighted by molar-refractivity contribution is 7.80. The van der Waals surface area contributed by atoms with Crippen molar-refractivity contribution in [2.45, 2.75) is 38.9 Å². The second-order valence-electron chi connectivity index (χ2n) is 7.95. The fourth-order valence-electron chi connectivity index (χ4n) is 4.20. The van der Waals surface area contributed by atoms with Crippen molar-refractivity contribution in [3.8, 4) is 0 Å². The molecule has 0 unspecified atom stereocenters. The van der Waals surface area contributed by atoms with E-state index in [9.17, 15) is 0 Å². The van der Waals surface area contributed by atoms with Crippen LogP contribution in [0.3, 0.4) is 0 Å². The van der Waals surface area contributed by atoms with E-state index in [1.165, 1.54) is 17.0 Å². The fraction of sp³-hybridized carbons (Fsp3) is 0.545. The van der Waals surface area contributed by atoms with Crippen molar-refractivity contribution in [3.63, 3.8) is 0 Å². The van der Waals surface area contributed by atoms with Gasteiger partial charge in [0.2, 0.25) is 0 Å². The third-order valence-corrected chi connectivity index (χ3v) is 6.00. The number of hydrogen-bond donors (Lipinski definition) is 1. The van der Waals surface area contributed by atoms with Gasteiger partial charge in [0.1, 0.15) is 0 Å². The Balaban J connectivity index is 1.97. The van der Waals surface area contributed by atoms with Crippen molar-refractivity contribution in [1.82, 2.24) is 24.7 Å². The van der Waals surface area contributed by atoms with Crippen LogP contribution < -0.4 is 5.32 Å². The Hall–Kier alpha value is -1.96. The van der Waals surface area contributed by atoms with Gasteiger partial charge in [0.15, 0.2) is 5.11 Å². The number of pyridine rings is 1. The molecular formula is C22H33N5OS. The van der Waals surface area contributed by atoms with Gasteiger partial charge in [-0.25, -0.2) is 0 Å². The molecule has 2 aromatic rings. The second-order valence-corrected chi connectivity index (χ2v) is 8.33. The van der Waals surface area contributed by atoms with E-state index in [1.54, 1.807) is 7.11 Å². The highest BCUT2D eigenvalue weighted by atomic mass is 32.1. The summed E-state index contributed by atoms with van der Waals surface area (Å²) in [5, 5.41) is 4.36. The molecule has 6 nitrogen and oxygen atoms in total. The van der Waals surface area contributed by atoms with Crippen LogP contribution in [-0.4, -0.2) is 65.4 Å². The molecule has 3 heterocycles. The Morgan fingerprint density at radius 3 is 2.69 bits per heavy atom. The molecule has 2 atom stereocenters. The molecule has 0 bridgehead atoms. The SMILES string of the molecule is COCCn1c(C)cc([C@H]2[C@@H](c3ccccn3)NC(=S)N2CCCN(C)C)c1C. The van der Waals surface area contributed by atoms with Crippen LogP contribution in [0.15, 0.2) is 30.5 Å². The van der Waals surface area contributed by atoms with Crippen LogP contribution >= 0.6 is 12.2 Å². The lowest BCUT2D eigenvalue weighted by Crippen LogP contribution is -2.32. The van der Waals surface area contributed by atoms with Gasteiger partial charge in [0.05, 0.1) is 24.4 Å². The molecule has 0 radical (unpaired) electrons. The molecule has 0 spiro atoms. The molecule has 1 aliphatic heterocycles. The molecule has 7 heteroatoms. The highest BCUT2D eigenvalue weighted by Crippen LogP contribution is 2.40. The largest absolute Gasteiger partial charge is 0.383 e. The number of aromatic nitrogens is 2. The number of methoxy groups -OCH3 is 1. The molecule has 0 aliphatic carbocycles. The Morgan fingerprint density at radius 1 is 1.24 bits per heavy atom. The first kappa shape index (κ1) is 21.7. The van der Waals surface area contributed by atoms with Crippen LogP contribution in [0.25, 0.3) is 0 Å². The molecule has 158 valence electrons.